The van der Waals surface area contributed by atoms with E-state index in [1.54, 1.807) is 0 Å². The summed E-state index contributed by atoms with van der Waals surface area (Å²) in [6.45, 7) is 1.70. The van der Waals surface area contributed by atoms with Gasteiger partial charge in [0.1, 0.15) is 0 Å². The fourth-order valence-corrected chi connectivity index (χ4v) is 1.79. The molecule has 1 aliphatic heterocycles. The number of nitrogens with two attached hydrogens (primary N) is 1. The van der Waals surface area contributed by atoms with Crippen LogP contribution in [0.15, 0.2) is 36.7 Å². The molecule has 2 N–H and O–H groups in total. The molecule has 5 heteroatoms. The van der Waals surface area contributed by atoms with Crippen LogP contribution in [0, 0.1) is 0 Å². The summed E-state index contributed by atoms with van der Waals surface area (Å²) < 4.78 is 0. The van der Waals surface area contributed by atoms with E-state index in [1.807, 2.05) is 53.5 Å². The van der Waals surface area contributed by atoms with Crippen LogP contribution >= 0.6 is 17.0 Å². The lowest BCUT2D eigenvalue weighted by Gasteiger charge is -2.17. The maximum Gasteiger partial charge on any atom is 0.182 e. The van der Waals surface area contributed by atoms with Gasteiger partial charge in [0.15, 0.2) is 5.78 Å². The average Bonchev–Trinajstić information content (AvgIpc) is 2.75. The van der Waals surface area contributed by atoms with Gasteiger partial charge in [-0.3, -0.25) is 4.79 Å². The minimum Gasteiger partial charge on any atom is -0.362 e. The van der Waals surface area contributed by atoms with E-state index in [2.05, 4.69) is 0 Å². The summed E-state index contributed by atoms with van der Waals surface area (Å²) in [6, 6.07) is 7.49. The summed E-state index contributed by atoms with van der Waals surface area (Å²) in [5, 5.41) is 0. The highest BCUT2D eigenvalue weighted by atomic mass is 79.9. The van der Waals surface area contributed by atoms with Crippen LogP contribution in [0.3, 0.4) is 0 Å². The first kappa shape index (κ1) is 14.7. The van der Waals surface area contributed by atoms with Gasteiger partial charge < -0.3 is 15.5 Å². The van der Waals surface area contributed by atoms with Gasteiger partial charge in [0.05, 0.1) is 13.2 Å². The summed E-state index contributed by atoms with van der Waals surface area (Å²) in [6.07, 6.45) is 3.90. The summed E-state index contributed by atoms with van der Waals surface area (Å²) in [7, 11) is 1.98. The van der Waals surface area contributed by atoms with Gasteiger partial charge >= 0.3 is 0 Å². The number of carbonyl (C=O) groups is 1. The predicted octanol–water partition coefficient (Wildman–Crippen LogP) is 1.58. The number of nitrogens with zero attached hydrogens (tertiary/aromatic N) is 2. The highest BCUT2D eigenvalue weighted by Gasteiger charge is 2.13. The molecule has 0 saturated heterocycles. The van der Waals surface area contributed by atoms with Crippen LogP contribution < -0.4 is 5.73 Å². The molecule has 1 aromatic carbocycles. The molecular formula is C13H18BrN3O. The van der Waals surface area contributed by atoms with E-state index in [0.29, 0.717) is 13.1 Å². The molecule has 4 nitrogen and oxygen atoms in total. The molecule has 98 valence electrons. The van der Waals surface area contributed by atoms with Crippen molar-refractivity contribution in [1.82, 2.24) is 9.80 Å². The highest BCUT2D eigenvalue weighted by molar-refractivity contribution is 8.93. The largest absolute Gasteiger partial charge is 0.362 e. The van der Waals surface area contributed by atoms with Gasteiger partial charge in [-0.25, -0.2) is 0 Å². The molecule has 1 heterocycles. The zero-order valence-electron chi connectivity index (χ0n) is 10.4. The van der Waals surface area contributed by atoms with Crippen molar-refractivity contribution in [3.05, 3.63) is 47.8 Å². The Hall–Kier alpha value is -1.33. The molecule has 0 radical (unpaired) electrons. The smallest absolute Gasteiger partial charge is 0.182 e. The summed E-state index contributed by atoms with van der Waals surface area (Å²) in [5.74, 6) is 0.133. The number of Topliss-reactive ketones (excluding diaryl/α,β-unsaturated/α-hetero) is 1. The fourth-order valence-electron chi connectivity index (χ4n) is 1.79. The number of carbonyl (C=O) groups excluding carboxylic acids is 1. The van der Waals surface area contributed by atoms with Crippen LogP contribution in [0.25, 0.3) is 0 Å². The van der Waals surface area contributed by atoms with Gasteiger partial charge in [0, 0.05) is 31.6 Å². The van der Waals surface area contributed by atoms with Crippen LogP contribution in [0.4, 0.5) is 0 Å². The zero-order valence-corrected chi connectivity index (χ0v) is 12.1. The summed E-state index contributed by atoms with van der Waals surface area (Å²) in [5.41, 5.74) is 7.30. The molecule has 1 aromatic rings. The molecule has 0 unspecified atom stereocenters. The molecule has 0 amide bonds. The van der Waals surface area contributed by atoms with Crippen LogP contribution in [0.5, 0.6) is 0 Å². The van der Waals surface area contributed by atoms with Gasteiger partial charge in [0.25, 0.3) is 0 Å². The summed E-state index contributed by atoms with van der Waals surface area (Å²) in [4.78, 5) is 16.0. The molecule has 0 bridgehead atoms. The second-order valence-corrected chi connectivity index (χ2v) is 4.27. The van der Waals surface area contributed by atoms with Crippen molar-refractivity contribution in [3.8, 4) is 0 Å². The average molecular weight is 312 g/mol. The number of hydrogen-bond donors (Lipinski definition) is 1. The monoisotopic (exact) mass is 311 g/mol. The molecule has 18 heavy (non-hydrogen) atoms. The van der Waals surface area contributed by atoms with E-state index in [4.69, 9.17) is 5.73 Å². The molecule has 0 spiro atoms. The van der Waals surface area contributed by atoms with E-state index in [9.17, 15) is 4.79 Å². The van der Waals surface area contributed by atoms with Crippen LogP contribution in [0.1, 0.15) is 15.9 Å². The Kier molecular flexibility index (Phi) is 5.37. The lowest BCUT2D eigenvalue weighted by Crippen LogP contribution is -2.28. The number of benzene rings is 1. The Labute approximate surface area is 118 Å². The van der Waals surface area contributed by atoms with E-state index in [1.165, 1.54) is 0 Å². The normalized spacial score (nSPS) is 13.7. The van der Waals surface area contributed by atoms with E-state index in [-0.39, 0.29) is 22.8 Å². The molecule has 1 aliphatic rings. The zero-order chi connectivity index (χ0) is 12.3. The number of halogens is 1. The second kappa shape index (κ2) is 6.56. The summed E-state index contributed by atoms with van der Waals surface area (Å²) >= 11 is 0. The minimum atomic E-state index is 0. The Morgan fingerprint density at radius 3 is 2.44 bits per heavy atom. The van der Waals surface area contributed by atoms with Crippen molar-refractivity contribution < 1.29 is 4.79 Å². The molecule has 0 aromatic heterocycles. The number of rotatable bonds is 4. The first-order valence-electron chi connectivity index (χ1n) is 5.64. The second-order valence-electron chi connectivity index (χ2n) is 4.27. The lowest BCUT2D eigenvalue weighted by molar-refractivity contribution is 0.0948. The number of ketones is 1. The molecular weight excluding hydrogens is 294 g/mol. The van der Waals surface area contributed by atoms with Gasteiger partial charge in [-0.05, 0) is 5.56 Å². The Bertz CT molecular complexity index is 430. The van der Waals surface area contributed by atoms with Crippen LogP contribution in [-0.2, 0) is 6.54 Å². The third kappa shape index (κ3) is 3.58. The van der Waals surface area contributed by atoms with Crippen molar-refractivity contribution in [2.24, 2.45) is 5.73 Å². The number of hydrogen-bond acceptors (Lipinski definition) is 4. The van der Waals surface area contributed by atoms with Gasteiger partial charge in [-0.15, -0.1) is 17.0 Å². The van der Waals surface area contributed by atoms with E-state index < -0.39 is 0 Å². The third-order valence-corrected chi connectivity index (χ3v) is 2.79. The first-order valence-corrected chi connectivity index (χ1v) is 5.64. The van der Waals surface area contributed by atoms with Gasteiger partial charge in [-0.1, -0.05) is 24.3 Å². The van der Waals surface area contributed by atoms with Crippen molar-refractivity contribution in [1.29, 1.82) is 0 Å². The SMILES string of the molecule is Br.CN1C=CN(CC(=O)c2ccc(CN)cc2)C1. The maximum absolute atomic E-state index is 12.0. The molecule has 0 fully saturated rings. The van der Waals surface area contributed by atoms with Gasteiger partial charge in [-0.2, -0.15) is 0 Å². The van der Waals surface area contributed by atoms with Gasteiger partial charge in [0.2, 0.25) is 0 Å². The molecule has 0 atom stereocenters. The Morgan fingerprint density at radius 1 is 1.28 bits per heavy atom. The molecule has 2 rings (SSSR count). The topological polar surface area (TPSA) is 49.6 Å². The minimum absolute atomic E-state index is 0. The van der Waals surface area contributed by atoms with Crippen molar-refractivity contribution in [2.45, 2.75) is 6.54 Å². The van der Waals surface area contributed by atoms with E-state index in [0.717, 1.165) is 17.8 Å². The standard InChI is InChI=1S/C13H17N3O.BrH/c1-15-6-7-16(10-15)9-13(17)12-4-2-11(8-14)3-5-12;/h2-7H,8-10,14H2,1H3;1H. The molecule has 0 saturated carbocycles. The Morgan fingerprint density at radius 2 is 1.94 bits per heavy atom. The van der Waals surface area contributed by atoms with E-state index >= 15 is 0 Å². The van der Waals surface area contributed by atoms with Crippen molar-refractivity contribution in [3.63, 3.8) is 0 Å². The quantitative estimate of drug-likeness (QED) is 0.858. The first-order chi connectivity index (χ1) is 8.19. The third-order valence-electron chi connectivity index (χ3n) is 2.79. The van der Waals surface area contributed by atoms with Crippen LogP contribution in [0.2, 0.25) is 0 Å². The molecule has 0 aliphatic carbocycles. The highest BCUT2D eigenvalue weighted by Crippen LogP contribution is 2.08. The predicted molar refractivity (Wildman–Crippen MR) is 77.5 cm³/mol. The lowest BCUT2D eigenvalue weighted by atomic mass is 10.1. The van der Waals surface area contributed by atoms with Crippen molar-refractivity contribution >= 4 is 22.8 Å². The van der Waals surface area contributed by atoms with Crippen LogP contribution in [-0.4, -0.2) is 35.8 Å². The maximum atomic E-state index is 12.0. The Balaban J connectivity index is 0.00000162. The fraction of sp³-hybridized carbons (Fsp3) is 0.308. The van der Waals surface area contributed by atoms with Crippen molar-refractivity contribution in [2.75, 3.05) is 20.3 Å².